The van der Waals surface area contributed by atoms with Gasteiger partial charge in [0.25, 0.3) is 0 Å². The summed E-state index contributed by atoms with van der Waals surface area (Å²) in [6.07, 6.45) is 0.597. The van der Waals surface area contributed by atoms with E-state index in [0.29, 0.717) is 28.7 Å². The van der Waals surface area contributed by atoms with E-state index >= 15 is 0 Å². The average Bonchev–Trinajstić information content (AvgIpc) is 2.43. The summed E-state index contributed by atoms with van der Waals surface area (Å²) in [5, 5.41) is 3.79. The Kier molecular flexibility index (Phi) is 2.87. The standard InChI is InChI=1S/C10H10Cl2N2O/c11-5-3-7(12)9-6(1-2-13)10(15)14-8(9)4-5/h3-4,6H,1-2,13H2,(H,14,15). The van der Waals surface area contributed by atoms with Crippen molar-refractivity contribution >= 4 is 34.8 Å². The largest absolute Gasteiger partial charge is 0.330 e. The Morgan fingerprint density at radius 2 is 2.13 bits per heavy atom. The molecule has 1 atom stereocenters. The molecule has 1 aliphatic heterocycles. The summed E-state index contributed by atoms with van der Waals surface area (Å²) < 4.78 is 0. The molecule has 15 heavy (non-hydrogen) atoms. The second-order valence-corrected chi connectivity index (χ2v) is 4.31. The molecule has 2 rings (SSSR count). The molecule has 5 heteroatoms. The lowest BCUT2D eigenvalue weighted by Crippen LogP contribution is -2.15. The zero-order chi connectivity index (χ0) is 11.0. The van der Waals surface area contributed by atoms with Crippen LogP contribution >= 0.6 is 23.2 Å². The highest BCUT2D eigenvalue weighted by Crippen LogP contribution is 2.41. The normalized spacial score (nSPS) is 18.9. The number of benzene rings is 1. The second kappa shape index (κ2) is 4.00. The van der Waals surface area contributed by atoms with Gasteiger partial charge in [0.05, 0.1) is 5.92 Å². The number of fused-ring (bicyclic) bond motifs is 1. The van der Waals surface area contributed by atoms with Crippen LogP contribution in [0.1, 0.15) is 17.9 Å². The zero-order valence-electron chi connectivity index (χ0n) is 7.89. The van der Waals surface area contributed by atoms with Crippen LogP contribution in [-0.2, 0) is 4.79 Å². The van der Waals surface area contributed by atoms with E-state index in [4.69, 9.17) is 28.9 Å². The number of amides is 1. The SMILES string of the molecule is NCCC1C(=O)Nc2cc(Cl)cc(Cl)c21. The van der Waals surface area contributed by atoms with Crippen molar-refractivity contribution in [3.05, 3.63) is 27.7 Å². The summed E-state index contributed by atoms with van der Waals surface area (Å²) in [5.74, 6) is -0.297. The minimum absolute atomic E-state index is 0.0559. The molecule has 1 amide bonds. The molecule has 1 unspecified atom stereocenters. The molecule has 0 fully saturated rings. The molecule has 0 saturated heterocycles. The highest BCUT2D eigenvalue weighted by atomic mass is 35.5. The summed E-state index contributed by atoms with van der Waals surface area (Å²) in [6.45, 7) is 0.455. The maximum atomic E-state index is 11.6. The van der Waals surface area contributed by atoms with Crippen molar-refractivity contribution < 1.29 is 4.79 Å². The summed E-state index contributed by atoms with van der Waals surface area (Å²) >= 11 is 11.9. The Labute approximate surface area is 97.5 Å². The number of nitrogens with two attached hydrogens (primary N) is 1. The lowest BCUT2D eigenvalue weighted by Gasteiger charge is -2.08. The van der Waals surface area contributed by atoms with Crippen LogP contribution in [0.3, 0.4) is 0 Å². The predicted octanol–water partition coefficient (Wildman–Crippen LogP) is 2.38. The monoisotopic (exact) mass is 244 g/mol. The van der Waals surface area contributed by atoms with E-state index < -0.39 is 0 Å². The molecular weight excluding hydrogens is 235 g/mol. The highest BCUT2D eigenvalue weighted by molar-refractivity contribution is 6.36. The summed E-state index contributed by atoms with van der Waals surface area (Å²) in [4.78, 5) is 11.6. The van der Waals surface area contributed by atoms with E-state index in [2.05, 4.69) is 5.32 Å². The van der Waals surface area contributed by atoms with Gasteiger partial charge in [-0.15, -0.1) is 0 Å². The first kappa shape index (κ1) is 10.7. The molecule has 1 aromatic rings. The van der Waals surface area contributed by atoms with E-state index in [1.165, 1.54) is 0 Å². The molecule has 3 nitrogen and oxygen atoms in total. The van der Waals surface area contributed by atoms with Gasteiger partial charge in [-0.3, -0.25) is 4.79 Å². The molecule has 80 valence electrons. The van der Waals surface area contributed by atoms with Crippen LogP contribution < -0.4 is 11.1 Å². The van der Waals surface area contributed by atoms with Gasteiger partial charge in [0.15, 0.2) is 0 Å². The van der Waals surface area contributed by atoms with Crippen molar-refractivity contribution in [3.63, 3.8) is 0 Å². The average molecular weight is 245 g/mol. The van der Waals surface area contributed by atoms with Gasteiger partial charge >= 0.3 is 0 Å². The van der Waals surface area contributed by atoms with E-state index in [0.717, 1.165) is 5.56 Å². The molecular formula is C10H10Cl2N2O. The summed E-state index contributed by atoms with van der Waals surface area (Å²) in [5.41, 5.74) is 6.98. The van der Waals surface area contributed by atoms with Gasteiger partial charge in [0, 0.05) is 21.3 Å². The Morgan fingerprint density at radius 1 is 1.40 bits per heavy atom. The molecule has 3 N–H and O–H groups in total. The van der Waals surface area contributed by atoms with Gasteiger partial charge in [0.2, 0.25) is 5.91 Å². The molecule has 0 radical (unpaired) electrons. The molecule has 0 saturated carbocycles. The molecule has 1 heterocycles. The Hall–Kier alpha value is -0.770. The fraction of sp³-hybridized carbons (Fsp3) is 0.300. The fourth-order valence-electron chi connectivity index (χ4n) is 1.84. The van der Waals surface area contributed by atoms with Crippen LogP contribution in [0.4, 0.5) is 5.69 Å². The first-order chi connectivity index (χ1) is 7.13. The molecule has 0 bridgehead atoms. The van der Waals surface area contributed by atoms with Crippen LogP contribution in [0.25, 0.3) is 0 Å². The topological polar surface area (TPSA) is 55.1 Å². The number of hydrogen-bond acceptors (Lipinski definition) is 2. The number of hydrogen-bond donors (Lipinski definition) is 2. The number of rotatable bonds is 2. The molecule has 1 aliphatic rings. The van der Waals surface area contributed by atoms with Gasteiger partial charge in [-0.25, -0.2) is 0 Å². The summed E-state index contributed by atoms with van der Waals surface area (Å²) in [7, 11) is 0. The van der Waals surface area contributed by atoms with Crippen LogP contribution in [-0.4, -0.2) is 12.5 Å². The molecule has 1 aromatic carbocycles. The first-order valence-electron chi connectivity index (χ1n) is 4.63. The number of carbonyl (C=O) groups excluding carboxylic acids is 1. The van der Waals surface area contributed by atoms with E-state index in [1.54, 1.807) is 12.1 Å². The van der Waals surface area contributed by atoms with Gasteiger partial charge in [-0.05, 0) is 25.1 Å². The lowest BCUT2D eigenvalue weighted by atomic mass is 9.97. The van der Waals surface area contributed by atoms with Gasteiger partial charge in [-0.2, -0.15) is 0 Å². The van der Waals surface area contributed by atoms with Crippen molar-refractivity contribution in [2.75, 3.05) is 11.9 Å². The molecule has 0 spiro atoms. The van der Waals surface area contributed by atoms with E-state index in [9.17, 15) is 4.79 Å². The van der Waals surface area contributed by atoms with E-state index in [-0.39, 0.29) is 11.8 Å². The minimum Gasteiger partial charge on any atom is -0.330 e. The molecule has 0 aromatic heterocycles. The van der Waals surface area contributed by atoms with Crippen molar-refractivity contribution in [2.45, 2.75) is 12.3 Å². The zero-order valence-corrected chi connectivity index (χ0v) is 9.40. The number of halogens is 2. The quantitative estimate of drug-likeness (QED) is 0.840. The van der Waals surface area contributed by atoms with Crippen molar-refractivity contribution in [3.8, 4) is 0 Å². The van der Waals surface area contributed by atoms with Crippen molar-refractivity contribution in [1.82, 2.24) is 0 Å². The highest BCUT2D eigenvalue weighted by Gasteiger charge is 2.32. The maximum absolute atomic E-state index is 11.6. The van der Waals surface area contributed by atoms with Crippen LogP contribution in [0.15, 0.2) is 12.1 Å². The molecule has 0 aliphatic carbocycles. The van der Waals surface area contributed by atoms with Crippen LogP contribution in [0, 0.1) is 0 Å². The minimum atomic E-state index is -0.241. The third kappa shape index (κ3) is 1.83. The Bertz CT molecular complexity index is 420. The van der Waals surface area contributed by atoms with Gasteiger partial charge < -0.3 is 11.1 Å². The fourth-order valence-corrected chi connectivity index (χ4v) is 2.46. The van der Waals surface area contributed by atoms with Crippen molar-refractivity contribution in [2.24, 2.45) is 5.73 Å². The van der Waals surface area contributed by atoms with Crippen LogP contribution in [0.5, 0.6) is 0 Å². The van der Waals surface area contributed by atoms with Gasteiger partial charge in [0.1, 0.15) is 0 Å². The number of anilines is 1. The predicted molar refractivity (Wildman–Crippen MR) is 61.5 cm³/mol. The number of nitrogens with one attached hydrogen (secondary N) is 1. The summed E-state index contributed by atoms with van der Waals surface area (Å²) in [6, 6.07) is 3.35. The number of carbonyl (C=O) groups is 1. The third-order valence-electron chi connectivity index (χ3n) is 2.47. The first-order valence-corrected chi connectivity index (χ1v) is 5.39. The van der Waals surface area contributed by atoms with Crippen LogP contribution in [0.2, 0.25) is 10.0 Å². The third-order valence-corrected chi connectivity index (χ3v) is 3.00. The Morgan fingerprint density at radius 3 is 2.80 bits per heavy atom. The van der Waals surface area contributed by atoms with Gasteiger partial charge in [-0.1, -0.05) is 23.2 Å². The lowest BCUT2D eigenvalue weighted by molar-refractivity contribution is -0.117. The second-order valence-electron chi connectivity index (χ2n) is 3.47. The Balaban J connectivity index is 2.48. The smallest absolute Gasteiger partial charge is 0.232 e. The maximum Gasteiger partial charge on any atom is 0.232 e. The van der Waals surface area contributed by atoms with Crippen molar-refractivity contribution in [1.29, 1.82) is 0 Å². The van der Waals surface area contributed by atoms with E-state index in [1.807, 2.05) is 0 Å².